The summed E-state index contributed by atoms with van der Waals surface area (Å²) in [5.74, 6) is -0.414. The lowest BCUT2D eigenvalue weighted by Crippen LogP contribution is -2.12. The Morgan fingerprint density at radius 3 is 2.61 bits per heavy atom. The zero-order chi connectivity index (χ0) is 26.6. The van der Waals surface area contributed by atoms with Crippen molar-refractivity contribution < 1.29 is 8.78 Å². The van der Waals surface area contributed by atoms with Gasteiger partial charge in [0.15, 0.2) is 11.6 Å². The van der Waals surface area contributed by atoms with Crippen LogP contribution in [0.5, 0.6) is 0 Å². The smallest absolute Gasteiger partial charge is 0.229 e. The number of aromatic amines is 1. The molecule has 0 fully saturated rings. The summed E-state index contributed by atoms with van der Waals surface area (Å²) in [6.45, 7) is 2.04. The largest absolute Gasteiger partial charge is 0.338 e. The summed E-state index contributed by atoms with van der Waals surface area (Å²) in [6, 6.07) is 15.3. The van der Waals surface area contributed by atoms with Gasteiger partial charge in [-0.05, 0) is 49.4 Å². The molecular formula is C27H21ClF2N8. The molecular weight excluding hydrogens is 510 g/mol. The number of aryl methyl sites for hydroxylation is 2. The fraction of sp³-hybridized carbons (Fsp3) is 0.111. The van der Waals surface area contributed by atoms with Crippen LogP contribution in [0.25, 0.3) is 33.3 Å². The van der Waals surface area contributed by atoms with Crippen molar-refractivity contribution in [2.75, 3.05) is 17.3 Å². The molecule has 6 aromatic rings. The Kier molecular flexibility index (Phi) is 5.68. The number of rotatable bonds is 5. The molecule has 190 valence electrons. The number of benzene rings is 3. The van der Waals surface area contributed by atoms with Gasteiger partial charge < -0.3 is 15.2 Å². The van der Waals surface area contributed by atoms with Gasteiger partial charge in [0.1, 0.15) is 11.6 Å². The minimum absolute atomic E-state index is 0.309. The maximum atomic E-state index is 13.6. The van der Waals surface area contributed by atoms with Gasteiger partial charge in [-0.1, -0.05) is 11.6 Å². The summed E-state index contributed by atoms with van der Waals surface area (Å²) in [7, 11) is 3.86. The molecule has 0 aliphatic heterocycles. The molecule has 0 radical (unpaired) electrons. The molecule has 0 unspecified atom stereocenters. The number of hydrogen-bond donors (Lipinski definition) is 2. The van der Waals surface area contributed by atoms with Gasteiger partial charge in [-0.25, -0.2) is 18.7 Å². The summed E-state index contributed by atoms with van der Waals surface area (Å²) in [6.07, 6.45) is 1.67. The first-order valence-corrected chi connectivity index (χ1v) is 12.1. The van der Waals surface area contributed by atoms with Gasteiger partial charge in [0, 0.05) is 60.4 Å². The molecule has 0 aliphatic rings. The fourth-order valence-electron chi connectivity index (χ4n) is 4.30. The number of H-pyrrole nitrogens is 1. The van der Waals surface area contributed by atoms with E-state index in [1.807, 2.05) is 48.8 Å². The van der Waals surface area contributed by atoms with Crippen molar-refractivity contribution in [3.63, 3.8) is 0 Å². The van der Waals surface area contributed by atoms with E-state index >= 15 is 0 Å². The highest BCUT2D eigenvalue weighted by atomic mass is 35.5. The minimum atomic E-state index is -0.957. The predicted octanol–water partition coefficient (Wildman–Crippen LogP) is 6.66. The van der Waals surface area contributed by atoms with Crippen molar-refractivity contribution in [3.8, 4) is 11.4 Å². The van der Waals surface area contributed by atoms with E-state index in [-0.39, 0.29) is 0 Å². The van der Waals surface area contributed by atoms with Crippen molar-refractivity contribution in [1.29, 1.82) is 0 Å². The van der Waals surface area contributed by atoms with E-state index in [0.717, 1.165) is 34.4 Å². The highest BCUT2D eigenvalue weighted by Gasteiger charge is 2.14. The van der Waals surface area contributed by atoms with E-state index in [1.165, 1.54) is 0 Å². The van der Waals surface area contributed by atoms with Crippen molar-refractivity contribution in [2.45, 2.75) is 6.92 Å². The Labute approximate surface area is 220 Å². The summed E-state index contributed by atoms with van der Waals surface area (Å²) in [4.78, 5) is 18.3. The van der Waals surface area contributed by atoms with Gasteiger partial charge in [-0.15, -0.1) is 0 Å². The molecule has 11 heteroatoms. The van der Waals surface area contributed by atoms with E-state index in [9.17, 15) is 8.78 Å². The van der Waals surface area contributed by atoms with Crippen molar-refractivity contribution in [1.82, 2.24) is 29.7 Å². The Hall–Kier alpha value is -4.57. The third-order valence-electron chi connectivity index (χ3n) is 6.49. The average molecular weight is 531 g/mol. The van der Waals surface area contributed by atoms with Crippen LogP contribution >= 0.6 is 11.6 Å². The molecule has 0 saturated heterocycles. The molecule has 0 aliphatic carbocycles. The second kappa shape index (κ2) is 9.07. The first kappa shape index (κ1) is 23.8. The molecule has 3 aromatic heterocycles. The van der Waals surface area contributed by atoms with Crippen LogP contribution in [0.1, 0.15) is 5.69 Å². The number of anilines is 4. The number of imidazole rings is 1. The lowest BCUT2D eigenvalue weighted by molar-refractivity contribution is 0.510. The second-order valence-electron chi connectivity index (χ2n) is 8.90. The van der Waals surface area contributed by atoms with Crippen LogP contribution in [0, 0.1) is 18.6 Å². The molecule has 0 spiro atoms. The molecule has 3 heterocycles. The quantitative estimate of drug-likeness (QED) is 0.259. The molecule has 38 heavy (non-hydrogen) atoms. The Morgan fingerprint density at radius 2 is 1.79 bits per heavy atom. The lowest BCUT2D eigenvalue weighted by Gasteiger charge is -2.19. The van der Waals surface area contributed by atoms with Crippen LogP contribution in [0.4, 0.5) is 31.9 Å². The molecule has 0 amide bonds. The van der Waals surface area contributed by atoms with Gasteiger partial charge in [0.2, 0.25) is 5.95 Å². The van der Waals surface area contributed by atoms with Gasteiger partial charge in [-0.3, -0.25) is 4.68 Å². The zero-order valence-electron chi connectivity index (χ0n) is 20.6. The molecule has 8 nitrogen and oxygen atoms in total. The Morgan fingerprint density at radius 1 is 0.974 bits per heavy atom. The van der Waals surface area contributed by atoms with Gasteiger partial charge in [0.25, 0.3) is 0 Å². The normalized spacial score (nSPS) is 11.4. The van der Waals surface area contributed by atoms with Crippen LogP contribution in [0.2, 0.25) is 5.02 Å². The molecule has 0 saturated carbocycles. The molecule has 2 N–H and O–H groups in total. The number of fused-ring (bicyclic) bond motifs is 2. The van der Waals surface area contributed by atoms with Crippen molar-refractivity contribution in [3.05, 3.63) is 83.1 Å². The highest BCUT2D eigenvalue weighted by Crippen LogP contribution is 2.32. The van der Waals surface area contributed by atoms with Gasteiger partial charge >= 0.3 is 0 Å². The number of halogens is 3. The minimum Gasteiger partial charge on any atom is -0.338 e. The van der Waals surface area contributed by atoms with Crippen LogP contribution in [-0.2, 0) is 7.05 Å². The van der Waals surface area contributed by atoms with E-state index in [2.05, 4.69) is 36.4 Å². The van der Waals surface area contributed by atoms with Crippen LogP contribution in [0.15, 0.2) is 60.8 Å². The Bertz CT molecular complexity index is 1810. The van der Waals surface area contributed by atoms with Crippen LogP contribution in [0.3, 0.4) is 0 Å². The van der Waals surface area contributed by atoms with E-state index in [0.29, 0.717) is 44.9 Å². The van der Waals surface area contributed by atoms with E-state index in [4.69, 9.17) is 11.6 Å². The maximum absolute atomic E-state index is 13.6. The van der Waals surface area contributed by atoms with Crippen LogP contribution < -0.4 is 10.2 Å². The van der Waals surface area contributed by atoms with Crippen molar-refractivity contribution >= 4 is 56.7 Å². The molecule has 6 rings (SSSR count). The monoisotopic (exact) mass is 530 g/mol. The average Bonchev–Trinajstić information content (AvgIpc) is 3.43. The lowest BCUT2D eigenvalue weighted by atomic mass is 10.2. The highest BCUT2D eigenvalue weighted by molar-refractivity contribution is 6.33. The SMILES string of the molecule is Cc1c2ccc(N(C)c3ccnc(Nc4ccc(-c5nc6cc(F)c(F)cc6[nH]5)c(Cl)c4)n3)cc2nn1C. The van der Waals surface area contributed by atoms with Gasteiger partial charge in [0.05, 0.1) is 21.6 Å². The summed E-state index contributed by atoms with van der Waals surface area (Å²) >= 11 is 6.54. The molecule has 3 aromatic carbocycles. The third-order valence-corrected chi connectivity index (χ3v) is 6.80. The molecule has 0 bridgehead atoms. The molecule has 0 atom stereocenters. The first-order valence-electron chi connectivity index (χ1n) is 11.7. The second-order valence-corrected chi connectivity index (χ2v) is 9.30. The van der Waals surface area contributed by atoms with E-state index in [1.54, 1.807) is 24.4 Å². The number of hydrogen-bond acceptors (Lipinski definition) is 6. The third kappa shape index (κ3) is 4.18. The zero-order valence-corrected chi connectivity index (χ0v) is 21.3. The number of nitrogens with one attached hydrogen (secondary N) is 2. The predicted molar refractivity (Wildman–Crippen MR) is 145 cm³/mol. The summed E-state index contributed by atoms with van der Waals surface area (Å²) in [5.41, 5.74) is 4.90. The van der Waals surface area contributed by atoms with Crippen molar-refractivity contribution in [2.24, 2.45) is 7.05 Å². The fourth-order valence-corrected chi connectivity index (χ4v) is 4.57. The number of nitrogens with zero attached hydrogens (tertiary/aromatic N) is 6. The van der Waals surface area contributed by atoms with Gasteiger partial charge in [-0.2, -0.15) is 10.1 Å². The summed E-state index contributed by atoms with van der Waals surface area (Å²) in [5, 5.41) is 9.24. The van der Waals surface area contributed by atoms with E-state index < -0.39 is 11.6 Å². The van der Waals surface area contributed by atoms with Crippen LogP contribution in [-0.4, -0.2) is 36.8 Å². The maximum Gasteiger partial charge on any atom is 0.229 e. The topological polar surface area (TPSA) is 87.6 Å². The Balaban J connectivity index is 1.24. The standard InChI is InChI=1S/C27H21ClF2N8/c1-14-17-7-5-16(11-22(17)36-38(14)3)37(2)25-8-9-31-27(35-25)32-15-4-6-18(19(28)10-15)26-33-23-12-20(29)21(30)13-24(23)34-26/h4-13H,1-3H3,(H,33,34)(H,31,32,35). The first-order chi connectivity index (χ1) is 18.3. The summed E-state index contributed by atoms with van der Waals surface area (Å²) < 4.78 is 29.0. The number of aromatic nitrogens is 6.